The van der Waals surface area contributed by atoms with Gasteiger partial charge in [-0.1, -0.05) is 6.42 Å². The van der Waals surface area contributed by atoms with Gasteiger partial charge in [-0.3, -0.25) is 0 Å². The number of piperidine rings is 1. The van der Waals surface area contributed by atoms with Crippen LogP contribution in [0.4, 0.5) is 0 Å². The van der Waals surface area contributed by atoms with E-state index in [9.17, 15) is 8.42 Å². The molecule has 3 heterocycles. The van der Waals surface area contributed by atoms with Gasteiger partial charge in [0.05, 0.1) is 4.88 Å². The topological polar surface area (TPSA) is 91.8 Å². The summed E-state index contributed by atoms with van der Waals surface area (Å²) in [5, 5.41) is 13.5. The highest BCUT2D eigenvalue weighted by molar-refractivity contribution is 7.91. The van der Waals surface area contributed by atoms with Crippen molar-refractivity contribution in [2.75, 3.05) is 13.1 Å². The molecule has 0 amide bonds. The molecule has 0 aromatic carbocycles. The molecule has 102 valence electrons. The zero-order valence-electron chi connectivity index (χ0n) is 10.1. The Labute approximate surface area is 114 Å². The molecule has 7 nitrogen and oxygen atoms in total. The Morgan fingerprint density at radius 1 is 1.21 bits per heavy atom. The van der Waals surface area contributed by atoms with Gasteiger partial charge < -0.3 is 0 Å². The van der Waals surface area contributed by atoms with Gasteiger partial charge in [-0.2, -0.15) is 9.52 Å². The van der Waals surface area contributed by atoms with E-state index in [1.54, 1.807) is 16.4 Å². The van der Waals surface area contributed by atoms with Crippen LogP contribution in [0.1, 0.15) is 19.3 Å². The van der Waals surface area contributed by atoms with Crippen LogP contribution in [0.25, 0.3) is 10.7 Å². The minimum absolute atomic E-state index is 0.342. The van der Waals surface area contributed by atoms with Gasteiger partial charge in [-0.25, -0.2) is 8.42 Å². The summed E-state index contributed by atoms with van der Waals surface area (Å²) in [6.45, 7) is 1.22. The number of nitrogens with one attached hydrogen (secondary N) is 1. The Hall–Kier alpha value is -1.32. The quantitative estimate of drug-likeness (QED) is 0.916. The standard InChI is InChI=1S/C10H13N5O2S2/c16-19(17,15-6-2-1-3-7-15)9-5-4-8(18-9)10-11-13-14-12-10/h4-5H,1-3,6-7H2,(H,11,12,13,14). The van der Waals surface area contributed by atoms with Gasteiger partial charge >= 0.3 is 0 Å². The average molecular weight is 299 g/mol. The third kappa shape index (κ3) is 2.40. The van der Waals surface area contributed by atoms with Crippen molar-refractivity contribution in [3.05, 3.63) is 12.1 Å². The average Bonchev–Trinajstić information content (AvgIpc) is 3.10. The van der Waals surface area contributed by atoms with Crippen molar-refractivity contribution >= 4 is 21.4 Å². The minimum atomic E-state index is -3.37. The first kappa shape index (κ1) is 12.7. The molecule has 0 radical (unpaired) electrons. The van der Waals surface area contributed by atoms with Crippen molar-refractivity contribution in [3.8, 4) is 10.7 Å². The molecule has 0 unspecified atom stereocenters. The van der Waals surface area contributed by atoms with E-state index < -0.39 is 10.0 Å². The van der Waals surface area contributed by atoms with Crippen LogP contribution in [0.15, 0.2) is 16.3 Å². The van der Waals surface area contributed by atoms with Gasteiger partial charge in [0.1, 0.15) is 4.21 Å². The molecular formula is C10H13N5O2S2. The molecule has 1 aliphatic rings. The van der Waals surface area contributed by atoms with Crippen LogP contribution >= 0.6 is 11.3 Å². The summed E-state index contributed by atoms with van der Waals surface area (Å²) in [7, 11) is -3.37. The van der Waals surface area contributed by atoms with Crippen LogP contribution in [0.3, 0.4) is 0 Å². The molecule has 1 saturated heterocycles. The van der Waals surface area contributed by atoms with Crippen molar-refractivity contribution in [3.63, 3.8) is 0 Å². The molecule has 0 bridgehead atoms. The van der Waals surface area contributed by atoms with E-state index in [-0.39, 0.29) is 0 Å². The van der Waals surface area contributed by atoms with E-state index >= 15 is 0 Å². The second-order valence-electron chi connectivity index (χ2n) is 4.32. The highest BCUT2D eigenvalue weighted by Gasteiger charge is 2.27. The fraction of sp³-hybridized carbons (Fsp3) is 0.500. The first-order valence-corrected chi connectivity index (χ1v) is 8.27. The molecule has 3 rings (SSSR count). The van der Waals surface area contributed by atoms with Crippen molar-refractivity contribution in [1.82, 2.24) is 24.9 Å². The highest BCUT2D eigenvalue weighted by Crippen LogP contribution is 2.31. The Balaban J connectivity index is 1.89. The molecule has 0 aliphatic carbocycles. The molecule has 1 fully saturated rings. The minimum Gasteiger partial charge on any atom is -0.206 e. The Morgan fingerprint density at radius 2 is 2.00 bits per heavy atom. The third-order valence-corrected chi connectivity index (χ3v) is 6.50. The largest absolute Gasteiger partial charge is 0.252 e. The first-order valence-electron chi connectivity index (χ1n) is 6.02. The van der Waals surface area contributed by atoms with Crippen molar-refractivity contribution in [2.24, 2.45) is 0 Å². The molecule has 0 atom stereocenters. The molecular weight excluding hydrogens is 286 g/mol. The molecule has 2 aromatic rings. The lowest BCUT2D eigenvalue weighted by molar-refractivity contribution is 0.347. The second-order valence-corrected chi connectivity index (χ2v) is 7.57. The highest BCUT2D eigenvalue weighted by atomic mass is 32.2. The Bertz CT molecular complexity index is 643. The van der Waals surface area contributed by atoms with E-state index in [0.29, 0.717) is 28.0 Å². The number of thiophene rings is 1. The SMILES string of the molecule is O=S(=O)(c1ccc(-c2nn[nH]n2)s1)N1CCCCC1. The number of aromatic amines is 1. The fourth-order valence-corrected chi connectivity index (χ4v) is 4.98. The van der Waals surface area contributed by atoms with E-state index in [1.807, 2.05) is 0 Å². The van der Waals surface area contributed by atoms with Crippen LogP contribution in [-0.2, 0) is 10.0 Å². The van der Waals surface area contributed by atoms with E-state index in [2.05, 4.69) is 20.6 Å². The van der Waals surface area contributed by atoms with Gasteiger partial charge in [0.15, 0.2) is 0 Å². The zero-order chi connectivity index (χ0) is 13.3. The number of hydrogen-bond donors (Lipinski definition) is 1. The Morgan fingerprint density at radius 3 is 2.68 bits per heavy atom. The summed E-state index contributed by atoms with van der Waals surface area (Å²) >= 11 is 1.18. The number of rotatable bonds is 3. The second kappa shape index (κ2) is 4.99. The maximum atomic E-state index is 12.4. The number of H-pyrrole nitrogens is 1. The summed E-state index contributed by atoms with van der Waals surface area (Å²) in [6.07, 6.45) is 2.97. The summed E-state index contributed by atoms with van der Waals surface area (Å²) in [4.78, 5) is 0.698. The summed E-state index contributed by atoms with van der Waals surface area (Å²) < 4.78 is 26.8. The predicted molar refractivity (Wildman–Crippen MR) is 70.1 cm³/mol. The maximum Gasteiger partial charge on any atom is 0.252 e. The van der Waals surface area contributed by atoms with Crippen molar-refractivity contribution < 1.29 is 8.42 Å². The molecule has 19 heavy (non-hydrogen) atoms. The monoisotopic (exact) mass is 299 g/mol. The van der Waals surface area contributed by atoms with Crippen molar-refractivity contribution in [2.45, 2.75) is 23.5 Å². The van der Waals surface area contributed by atoms with Crippen LogP contribution in [0.5, 0.6) is 0 Å². The van der Waals surface area contributed by atoms with Crippen molar-refractivity contribution in [1.29, 1.82) is 0 Å². The first-order chi connectivity index (χ1) is 9.18. The maximum absolute atomic E-state index is 12.4. The van der Waals surface area contributed by atoms with Crippen LogP contribution in [0, 0.1) is 0 Å². The molecule has 0 spiro atoms. The number of hydrogen-bond acceptors (Lipinski definition) is 6. The summed E-state index contributed by atoms with van der Waals surface area (Å²) in [5.41, 5.74) is 0. The molecule has 0 saturated carbocycles. The number of sulfonamides is 1. The zero-order valence-corrected chi connectivity index (χ0v) is 11.7. The third-order valence-electron chi connectivity index (χ3n) is 3.06. The lowest BCUT2D eigenvalue weighted by atomic mass is 10.2. The van der Waals surface area contributed by atoms with Crippen LogP contribution in [0.2, 0.25) is 0 Å². The lowest BCUT2D eigenvalue weighted by Crippen LogP contribution is -2.35. The number of aromatic nitrogens is 4. The molecule has 2 aromatic heterocycles. The number of nitrogens with zero attached hydrogens (tertiary/aromatic N) is 4. The van der Waals surface area contributed by atoms with E-state index in [4.69, 9.17) is 0 Å². The van der Waals surface area contributed by atoms with E-state index in [1.165, 1.54) is 11.3 Å². The normalized spacial score (nSPS) is 17.7. The fourth-order valence-electron chi connectivity index (χ4n) is 2.08. The molecule has 9 heteroatoms. The van der Waals surface area contributed by atoms with Crippen LogP contribution in [-0.4, -0.2) is 46.4 Å². The summed E-state index contributed by atoms with van der Waals surface area (Å²) in [5.74, 6) is 0.421. The van der Waals surface area contributed by atoms with Gasteiger partial charge in [-0.15, -0.1) is 21.5 Å². The van der Waals surface area contributed by atoms with Gasteiger partial charge in [-0.05, 0) is 30.2 Å². The van der Waals surface area contributed by atoms with Gasteiger partial charge in [0.2, 0.25) is 5.82 Å². The van der Waals surface area contributed by atoms with Crippen LogP contribution < -0.4 is 0 Å². The summed E-state index contributed by atoms with van der Waals surface area (Å²) in [6, 6.07) is 3.33. The molecule has 1 aliphatic heterocycles. The Kier molecular flexibility index (Phi) is 3.33. The number of tetrazole rings is 1. The smallest absolute Gasteiger partial charge is 0.206 e. The predicted octanol–water partition coefficient (Wildman–Crippen LogP) is 1.10. The molecule has 1 N–H and O–H groups in total. The van der Waals surface area contributed by atoms with Gasteiger partial charge in [0.25, 0.3) is 10.0 Å². The lowest BCUT2D eigenvalue weighted by Gasteiger charge is -2.25. The van der Waals surface area contributed by atoms with E-state index in [0.717, 1.165) is 19.3 Å². The van der Waals surface area contributed by atoms with Gasteiger partial charge in [0, 0.05) is 13.1 Å².